The molecule has 1 aromatic rings. The number of rotatable bonds is 5. The van der Waals surface area contributed by atoms with Crippen molar-refractivity contribution in [1.82, 2.24) is 15.2 Å². The van der Waals surface area contributed by atoms with Crippen LogP contribution in [-0.4, -0.2) is 62.8 Å². The molecule has 0 bridgehead atoms. The van der Waals surface area contributed by atoms with Crippen LogP contribution in [0.25, 0.3) is 0 Å². The summed E-state index contributed by atoms with van der Waals surface area (Å²) in [5.41, 5.74) is 0.935. The molecule has 9 nitrogen and oxygen atoms in total. The third kappa shape index (κ3) is 3.07. The van der Waals surface area contributed by atoms with Gasteiger partial charge in [-0.3, -0.25) is 14.5 Å². The first-order valence-electron chi connectivity index (χ1n) is 7.57. The molecule has 2 aliphatic heterocycles. The number of aliphatic carboxylic acids is 1. The minimum Gasteiger partial charge on any atom is -0.477 e. The molecule has 0 radical (unpaired) electrons. The molecule has 2 amide bonds. The van der Waals surface area contributed by atoms with Gasteiger partial charge in [0.25, 0.3) is 11.8 Å². The summed E-state index contributed by atoms with van der Waals surface area (Å²) in [5, 5.41) is 17.6. The van der Waals surface area contributed by atoms with Crippen LogP contribution < -0.4 is 5.32 Å². The lowest BCUT2D eigenvalue weighted by Gasteiger charge is -2.49. The first-order valence-corrected chi connectivity index (χ1v) is 9.50. The molecule has 0 aliphatic carbocycles. The molecule has 26 heavy (non-hydrogen) atoms. The number of thioether (sulfide) groups is 1. The lowest BCUT2D eigenvalue weighted by atomic mass is 10.0. The Morgan fingerprint density at radius 1 is 1.46 bits per heavy atom. The van der Waals surface area contributed by atoms with Crippen LogP contribution in [0.4, 0.5) is 0 Å². The number of hydrogen-bond donors (Lipinski definition) is 2. The molecular weight excluding hydrogens is 380 g/mol. The van der Waals surface area contributed by atoms with Gasteiger partial charge in [0.15, 0.2) is 5.71 Å². The van der Waals surface area contributed by atoms with Crippen molar-refractivity contribution in [3.8, 4) is 0 Å². The van der Waals surface area contributed by atoms with Crippen LogP contribution in [0.3, 0.4) is 0 Å². The molecule has 1 aromatic heterocycles. The summed E-state index contributed by atoms with van der Waals surface area (Å²) in [6.45, 7) is 3.48. The molecule has 1 saturated heterocycles. The molecule has 0 aromatic carbocycles. The monoisotopic (exact) mass is 396 g/mol. The van der Waals surface area contributed by atoms with Crippen molar-refractivity contribution in [2.75, 3.05) is 12.9 Å². The summed E-state index contributed by atoms with van der Waals surface area (Å²) >= 11 is 2.76. The van der Waals surface area contributed by atoms with Gasteiger partial charge < -0.3 is 15.3 Å². The van der Waals surface area contributed by atoms with E-state index in [1.54, 1.807) is 19.2 Å². The van der Waals surface area contributed by atoms with Gasteiger partial charge in [0.05, 0.1) is 5.01 Å². The third-order valence-corrected chi connectivity index (χ3v) is 6.11. The molecule has 2 aliphatic rings. The minimum atomic E-state index is -1.15. The summed E-state index contributed by atoms with van der Waals surface area (Å²) in [4.78, 5) is 46.6. The molecule has 3 rings (SSSR count). The standard InChI is InChI=1S/C15H16N4O5S2/c1-6-4-26-14-10(13(21)19(14)11(6)15(22)23)17-12(20)9(18-24-3)8-5-25-7(2)16-8/h5,10,14H,4H2,1-3H3,(H,17,20)(H,22,23)/b18-9-. The largest absolute Gasteiger partial charge is 0.477 e. The van der Waals surface area contributed by atoms with Gasteiger partial charge in [0, 0.05) is 11.1 Å². The maximum atomic E-state index is 12.6. The van der Waals surface area contributed by atoms with Crippen LogP contribution in [0.2, 0.25) is 0 Å². The molecule has 2 unspecified atom stereocenters. The lowest BCUT2D eigenvalue weighted by Crippen LogP contribution is -2.71. The number of hydrogen-bond acceptors (Lipinski definition) is 8. The normalized spacial score (nSPS) is 22.7. The number of nitrogens with zero attached hydrogens (tertiary/aromatic N) is 3. The maximum absolute atomic E-state index is 12.6. The van der Waals surface area contributed by atoms with Crippen LogP contribution in [0.15, 0.2) is 21.8 Å². The number of amides is 2. The second-order valence-corrected chi connectivity index (χ2v) is 7.84. The van der Waals surface area contributed by atoms with Gasteiger partial charge in [0.2, 0.25) is 0 Å². The van der Waals surface area contributed by atoms with Gasteiger partial charge in [-0.05, 0) is 19.4 Å². The summed E-state index contributed by atoms with van der Waals surface area (Å²) in [6.07, 6.45) is 0. The Morgan fingerprint density at radius 2 is 2.19 bits per heavy atom. The van der Waals surface area contributed by atoms with Crippen molar-refractivity contribution in [2.45, 2.75) is 25.3 Å². The van der Waals surface area contributed by atoms with Crippen LogP contribution >= 0.6 is 23.1 Å². The third-order valence-electron chi connectivity index (χ3n) is 3.91. The smallest absolute Gasteiger partial charge is 0.352 e. The molecule has 138 valence electrons. The van der Waals surface area contributed by atoms with Gasteiger partial charge in [0.1, 0.15) is 29.9 Å². The number of thiazole rings is 1. The summed E-state index contributed by atoms with van der Waals surface area (Å²) in [5.74, 6) is -1.73. The average Bonchev–Trinajstić information content (AvgIpc) is 3.02. The zero-order valence-electron chi connectivity index (χ0n) is 14.2. The van der Waals surface area contributed by atoms with E-state index in [2.05, 4.69) is 15.5 Å². The Labute approximate surface area is 157 Å². The number of aromatic nitrogens is 1. The molecular formula is C15H16N4O5S2. The molecule has 3 heterocycles. The molecule has 1 fully saturated rings. The Morgan fingerprint density at radius 3 is 2.77 bits per heavy atom. The van der Waals surface area contributed by atoms with E-state index >= 15 is 0 Å². The Balaban J connectivity index is 1.78. The van der Waals surface area contributed by atoms with Gasteiger partial charge in [-0.1, -0.05) is 5.16 Å². The molecule has 2 atom stereocenters. The fraction of sp³-hybridized carbons (Fsp3) is 0.400. The Kier molecular flexibility index (Phi) is 5.01. The van der Waals surface area contributed by atoms with Gasteiger partial charge in [-0.25, -0.2) is 9.78 Å². The van der Waals surface area contributed by atoms with E-state index in [4.69, 9.17) is 4.84 Å². The van der Waals surface area contributed by atoms with Crippen molar-refractivity contribution >= 4 is 46.6 Å². The highest BCUT2D eigenvalue weighted by Crippen LogP contribution is 2.40. The van der Waals surface area contributed by atoms with Crippen LogP contribution in [0, 0.1) is 6.92 Å². The molecule has 2 N–H and O–H groups in total. The highest BCUT2D eigenvalue weighted by Gasteiger charge is 2.54. The molecule has 0 saturated carbocycles. The van der Waals surface area contributed by atoms with E-state index in [0.29, 0.717) is 17.0 Å². The minimum absolute atomic E-state index is 0.00911. The highest BCUT2D eigenvalue weighted by atomic mass is 32.2. The van der Waals surface area contributed by atoms with Gasteiger partial charge >= 0.3 is 5.97 Å². The topological polar surface area (TPSA) is 121 Å². The molecule has 0 spiro atoms. The quantitative estimate of drug-likeness (QED) is 0.424. The predicted molar refractivity (Wildman–Crippen MR) is 95.8 cm³/mol. The first kappa shape index (κ1) is 18.4. The summed E-state index contributed by atoms with van der Waals surface area (Å²) < 4.78 is 0. The SMILES string of the molecule is CO/N=C(\C(=O)NC1C(=O)N2C(C(=O)O)=C(C)CSC12)c1csc(C)n1. The number of fused-ring (bicyclic) bond motifs is 1. The number of carboxylic acid groups (broad SMARTS) is 1. The molecule has 11 heteroatoms. The summed E-state index contributed by atoms with van der Waals surface area (Å²) in [7, 11) is 1.31. The fourth-order valence-corrected chi connectivity index (χ4v) is 4.64. The zero-order valence-corrected chi connectivity index (χ0v) is 15.8. The Hall–Kier alpha value is -2.40. The highest BCUT2D eigenvalue weighted by molar-refractivity contribution is 8.00. The van der Waals surface area contributed by atoms with Gasteiger partial charge in [-0.15, -0.1) is 23.1 Å². The van der Waals surface area contributed by atoms with E-state index in [1.807, 2.05) is 0 Å². The van der Waals surface area contributed by atoms with E-state index in [9.17, 15) is 19.5 Å². The van der Waals surface area contributed by atoms with Crippen molar-refractivity contribution in [1.29, 1.82) is 0 Å². The fourth-order valence-electron chi connectivity index (χ4n) is 2.75. The van der Waals surface area contributed by atoms with E-state index < -0.39 is 29.2 Å². The number of carbonyl (C=O) groups is 3. The average molecular weight is 396 g/mol. The lowest BCUT2D eigenvalue weighted by molar-refractivity contribution is -0.150. The second-order valence-electron chi connectivity index (χ2n) is 5.67. The van der Waals surface area contributed by atoms with Crippen molar-refractivity contribution in [3.63, 3.8) is 0 Å². The van der Waals surface area contributed by atoms with Crippen molar-refractivity contribution in [2.24, 2.45) is 5.16 Å². The van der Waals surface area contributed by atoms with E-state index in [-0.39, 0.29) is 11.4 Å². The zero-order chi connectivity index (χ0) is 19.0. The van der Waals surface area contributed by atoms with E-state index in [1.165, 1.54) is 35.1 Å². The second kappa shape index (κ2) is 7.08. The number of nitrogens with one attached hydrogen (secondary N) is 1. The van der Waals surface area contributed by atoms with Crippen molar-refractivity contribution in [3.05, 3.63) is 27.4 Å². The number of β-lactam (4-membered cyclic amide) rings is 1. The van der Waals surface area contributed by atoms with Crippen molar-refractivity contribution < 1.29 is 24.3 Å². The van der Waals surface area contributed by atoms with Crippen LogP contribution in [0.1, 0.15) is 17.6 Å². The number of aryl methyl sites for hydroxylation is 1. The summed E-state index contributed by atoms with van der Waals surface area (Å²) in [6, 6.07) is -0.822. The predicted octanol–water partition coefficient (Wildman–Crippen LogP) is 0.561. The Bertz CT molecular complexity index is 847. The number of carbonyl (C=O) groups excluding carboxylic acids is 2. The van der Waals surface area contributed by atoms with E-state index in [0.717, 1.165) is 5.01 Å². The number of oxime groups is 1. The van der Waals surface area contributed by atoms with Crippen LogP contribution in [0.5, 0.6) is 0 Å². The van der Waals surface area contributed by atoms with Crippen LogP contribution in [-0.2, 0) is 19.2 Å². The number of carboxylic acids is 1. The first-order chi connectivity index (χ1) is 12.3. The maximum Gasteiger partial charge on any atom is 0.352 e. The van der Waals surface area contributed by atoms with Gasteiger partial charge in [-0.2, -0.15) is 0 Å².